The molecule has 2 heterocycles. The van der Waals surface area contributed by atoms with Gasteiger partial charge in [0.2, 0.25) is 0 Å². The number of carbonyl (C=O) groups is 1. The van der Waals surface area contributed by atoms with Crippen molar-refractivity contribution in [1.82, 2.24) is 19.6 Å². The highest BCUT2D eigenvalue weighted by Crippen LogP contribution is 1.98. The minimum Gasteiger partial charge on any atom is -0.304 e. The van der Waals surface area contributed by atoms with Crippen LogP contribution in [0.5, 0.6) is 0 Å². The summed E-state index contributed by atoms with van der Waals surface area (Å²) in [4.78, 5) is 20.1. The lowest BCUT2D eigenvalue weighted by Crippen LogP contribution is -2.45. The largest absolute Gasteiger partial charge is 0.304 e. The van der Waals surface area contributed by atoms with Crippen LogP contribution in [0.3, 0.4) is 0 Å². The summed E-state index contributed by atoms with van der Waals surface area (Å²) >= 11 is 0. The molecule has 2 aliphatic heterocycles. The summed E-state index contributed by atoms with van der Waals surface area (Å²) in [7, 11) is 4.30. The molecule has 0 saturated carbocycles. The number of nitrogens with zero attached hydrogens (tertiary/aromatic N) is 4. The van der Waals surface area contributed by atoms with Gasteiger partial charge in [0.15, 0.2) is 0 Å². The number of hydrogen-bond acceptors (Lipinski definition) is 5. The first-order valence-electron chi connectivity index (χ1n) is 7.82. The molecule has 0 amide bonds. The van der Waals surface area contributed by atoms with Gasteiger partial charge in [-0.3, -0.25) is 9.69 Å². The smallest absolute Gasteiger partial charge is 0.143 e. The van der Waals surface area contributed by atoms with Crippen LogP contribution in [-0.4, -0.2) is 105 Å². The average Bonchev–Trinajstić information content (AvgIpc) is 2.43. The third-order valence-corrected chi connectivity index (χ3v) is 4.09. The van der Waals surface area contributed by atoms with Crippen molar-refractivity contribution in [2.75, 3.05) is 79.5 Å². The number of carbonyl (C=O) groups excluding carboxylic acids is 1. The molecule has 2 aliphatic rings. The van der Waals surface area contributed by atoms with Crippen molar-refractivity contribution >= 4 is 5.78 Å². The zero-order valence-corrected chi connectivity index (χ0v) is 13.8. The van der Waals surface area contributed by atoms with Gasteiger partial charge < -0.3 is 14.7 Å². The molecule has 0 radical (unpaired) electrons. The Morgan fingerprint density at radius 3 is 1.55 bits per heavy atom. The lowest BCUT2D eigenvalue weighted by molar-refractivity contribution is -0.118. The van der Waals surface area contributed by atoms with Crippen LogP contribution in [0, 0.1) is 0 Å². The Kier molecular flexibility index (Phi) is 8.30. The first-order valence-corrected chi connectivity index (χ1v) is 7.82. The Morgan fingerprint density at radius 2 is 1.20 bits per heavy atom. The molecule has 2 saturated heterocycles. The molecule has 0 unspecified atom stereocenters. The fraction of sp³-hybridized carbons (Fsp3) is 0.933. The molecule has 118 valence electrons. The molecule has 0 aliphatic carbocycles. The summed E-state index contributed by atoms with van der Waals surface area (Å²) in [5, 5.41) is 0. The monoisotopic (exact) mass is 284 g/mol. The average molecular weight is 284 g/mol. The maximum atomic E-state index is 10.7. The standard InChI is InChI=1S/C8H16N2O.C7H16N2/c1-8(11)7-10-5-3-9(2)4-6-10;1-3-9-6-4-8(2)5-7-9/h3-7H2,1-2H3;3-7H2,1-2H3. The minimum absolute atomic E-state index is 0.273. The quantitative estimate of drug-likeness (QED) is 0.732. The van der Waals surface area contributed by atoms with E-state index in [0.717, 1.165) is 26.2 Å². The minimum atomic E-state index is 0.273. The van der Waals surface area contributed by atoms with Crippen LogP contribution >= 0.6 is 0 Å². The van der Waals surface area contributed by atoms with E-state index in [-0.39, 0.29) is 5.78 Å². The summed E-state index contributed by atoms with van der Waals surface area (Å²) in [5.74, 6) is 0.273. The summed E-state index contributed by atoms with van der Waals surface area (Å²) < 4.78 is 0. The van der Waals surface area contributed by atoms with Crippen molar-refractivity contribution in [3.63, 3.8) is 0 Å². The Bertz CT molecular complexity index is 269. The van der Waals surface area contributed by atoms with Gasteiger partial charge in [0.25, 0.3) is 0 Å². The van der Waals surface area contributed by atoms with Crippen LogP contribution in [-0.2, 0) is 4.79 Å². The Labute approximate surface area is 124 Å². The molecule has 0 aromatic rings. The molecule has 20 heavy (non-hydrogen) atoms. The van der Waals surface area contributed by atoms with Crippen molar-refractivity contribution in [1.29, 1.82) is 0 Å². The normalized spacial score (nSPS) is 23.2. The summed E-state index contributed by atoms with van der Waals surface area (Å²) in [6.45, 7) is 15.0. The number of Topliss-reactive ketones (excluding diaryl/α,β-unsaturated/α-hetero) is 1. The van der Waals surface area contributed by atoms with Gasteiger partial charge in [-0.2, -0.15) is 0 Å². The molecular formula is C15H32N4O. The van der Waals surface area contributed by atoms with Gasteiger partial charge >= 0.3 is 0 Å². The fourth-order valence-corrected chi connectivity index (χ4v) is 2.48. The van der Waals surface area contributed by atoms with Gasteiger partial charge in [-0.25, -0.2) is 0 Å². The highest BCUT2D eigenvalue weighted by atomic mass is 16.1. The van der Waals surface area contributed by atoms with Crippen molar-refractivity contribution in [2.45, 2.75) is 13.8 Å². The van der Waals surface area contributed by atoms with Crippen LogP contribution < -0.4 is 0 Å². The van der Waals surface area contributed by atoms with Crippen LogP contribution in [0.25, 0.3) is 0 Å². The van der Waals surface area contributed by atoms with E-state index in [4.69, 9.17) is 0 Å². The van der Waals surface area contributed by atoms with Crippen molar-refractivity contribution in [3.05, 3.63) is 0 Å². The summed E-state index contributed by atoms with van der Waals surface area (Å²) in [6.07, 6.45) is 0. The molecule has 5 nitrogen and oxygen atoms in total. The SMILES string of the molecule is CC(=O)CN1CCN(C)CC1.CCN1CCN(C)CC1. The molecule has 5 heteroatoms. The van der Waals surface area contributed by atoms with Crippen molar-refractivity contribution < 1.29 is 4.79 Å². The lowest BCUT2D eigenvalue weighted by Gasteiger charge is -2.31. The zero-order chi connectivity index (χ0) is 15.0. The maximum absolute atomic E-state index is 10.7. The van der Waals surface area contributed by atoms with E-state index in [1.54, 1.807) is 6.92 Å². The van der Waals surface area contributed by atoms with E-state index < -0.39 is 0 Å². The summed E-state index contributed by atoms with van der Waals surface area (Å²) in [6, 6.07) is 0. The Hall–Kier alpha value is -0.490. The lowest BCUT2D eigenvalue weighted by atomic mass is 10.3. The maximum Gasteiger partial charge on any atom is 0.143 e. The summed E-state index contributed by atoms with van der Waals surface area (Å²) in [5.41, 5.74) is 0. The topological polar surface area (TPSA) is 30.0 Å². The van der Waals surface area contributed by atoms with Gasteiger partial charge in [0, 0.05) is 52.4 Å². The van der Waals surface area contributed by atoms with E-state index in [9.17, 15) is 4.79 Å². The Balaban J connectivity index is 0.000000204. The first kappa shape index (κ1) is 17.6. The molecule has 0 N–H and O–H groups in total. The fourth-order valence-electron chi connectivity index (χ4n) is 2.48. The van der Waals surface area contributed by atoms with Crippen molar-refractivity contribution in [2.24, 2.45) is 0 Å². The molecule has 2 rings (SSSR count). The van der Waals surface area contributed by atoms with Crippen LogP contribution in [0.1, 0.15) is 13.8 Å². The van der Waals surface area contributed by atoms with Gasteiger partial charge in [0.1, 0.15) is 5.78 Å². The van der Waals surface area contributed by atoms with Gasteiger partial charge in [0.05, 0.1) is 6.54 Å². The molecule has 0 aromatic heterocycles. The molecule has 2 fully saturated rings. The molecular weight excluding hydrogens is 252 g/mol. The number of ketones is 1. The number of hydrogen-bond donors (Lipinski definition) is 0. The highest BCUT2D eigenvalue weighted by Gasteiger charge is 2.14. The predicted molar refractivity (Wildman–Crippen MR) is 84.2 cm³/mol. The third kappa shape index (κ3) is 7.33. The molecule has 0 spiro atoms. The molecule has 0 aromatic carbocycles. The second-order valence-electron chi connectivity index (χ2n) is 6.02. The van der Waals surface area contributed by atoms with E-state index >= 15 is 0 Å². The first-order chi connectivity index (χ1) is 9.51. The van der Waals surface area contributed by atoms with E-state index in [0.29, 0.717) is 6.54 Å². The van der Waals surface area contributed by atoms with E-state index in [1.165, 1.54) is 32.7 Å². The molecule has 0 bridgehead atoms. The highest BCUT2D eigenvalue weighted by molar-refractivity contribution is 5.77. The van der Waals surface area contributed by atoms with Crippen LogP contribution in [0.4, 0.5) is 0 Å². The van der Waals surface area contributed by atoms with Gasteiger partial charge in [-0.15, -0.1) is 0 Å². The number of rotatable bonds is 3. The van der Waals surface area contributed by atoms with Gasteiger partial charge in [-0.1, -0.05) is 6.92 Å². The van der Waals surface area contributed by atoms with Crippen LogP contribution in [0.2, 0.25) is 0 Å². The van der Waals surface area contributed by atoms with Crippen molar-refractivity contribution in [3.8, 4) is 0 Å². The number of likely N-dealkylation sites (N-methyl/N-ethyl adjacent to an activating group) is 3. The third-order valence-electron chi connectivity index (χ3n) is 4.09. The van der Waals surface area contributed by atoms with Crippen LogP contribution in [0.15, 0.2) is 0 Å². The Morgan fingerprint density at radius 1 is 0.800 bits per heavy atom. The van der Waals surface area contributed by atoms with E-state index in [1.807, 2.05) is 0 Å². The second kappa shape index (κ2) is 9.45. The predicted octanol–water partition coefficient (Wildman–Crippen LogP) is 0.0765. The zero-order valence-electron chi connectivity index (χ0n) is 13.8. The number of piperazine rings is 2. The second-order valence-corrected chi connectivity index (χ2v) is 6.02. The molecule has 0 atom stereocenters. The van der Waals surface area contributed by atoms with E-state index in [2.05, 4.69) is 40.6 Å². The van der Waals surface area contributed by atoms with Gasteiger partial charge in [-0.05, 0) is 27.6 Å².